The van der Waals surface area contributed by atoms with E-state index in [4.69, 9.17) is 16.3 Å². The number of benzene rings is 3. The van der Waals surface area contributed by atoms with Crippen LogP contribution in [-0.4, -0.2) is 17.5 Å². The van der Waals surface area contributed by atoms with Crippen molar-refractivity contribution in [2.45, 2.75) is 6.92 Å². The van der Waals surface area contributed by atoms with Crippen LogP contribution in [0.2, 0.25) is 5.02 Å². The summed E-state index contributed by atoms with van der Waals surface area (Å²) < 4.78 is 7.31. The molecule has 0 unspecified atom stereocenters. The van der Waals surface area contributed by atoms with Gasteiger partial charge >= 0.3 is 0 Å². The highest BCUT2D eigenvalue weighted by Gasteiger charge is 2.22. The zero-order chi connectivity index (χ0) is 20.4. The van der Waals surface area contributed by atoms with Crippen LogP contribution in [0.5, 0.6) is 5.75 Å². The Kier molecular flexibility index (Phi) is 5.24. The van der Waals surface area contributed by atoms with Crippen LogP contribution in [0.1, 0.15) is 21.6 Å². The first-order valence-corrected chi connectivity index (χ1v) is 9.68. The molecule has 0 aliphatic carbocycles. The smallest absolute Gasteiger partial charge is 0.195 e. The standard InChI is InChI=1S/C25H20ClNO2/c1-17-24(25(28)19-6-4-3-5-7-19)23(18-8-10-20(26)11-9-18)16-27(17)21-12-14-22(29-2)15-13-21/h3-16H,1-2H3. The van der Waals surface area contributed by atoms with Crippen LogP contribution >= 0.6 is 11.6 Å². The van der Waals surface area contributed by atoms with Crippen LogP contribution < -0.4 is 4.74 Å². The quantitative estimate of drug-likeness (QED) is 0.365. The summed E-state index contributed by atoms with van der Waals surface area (Å²) in [5, 5.41) is 0.663. The summed E-state index contributed by atoms with van der Waals surface area (Å²) in [7, 11) is 1.64. The van der Waals surface area contributed by atoms with Gasteiger partial charge in [-0.3, -0.25) is 4.79 Å². The molecule has 0 N–H and O–H groups in total. The number of hydrogen-bond acceptors (Lipinski definition) is 2. The molecule has 0 aliphatic rings. The Bertz CT molecular complexity index is 1140. The molecule has 4 rings (SSSR count). The number of ketones is 1. The molecular weight excluding hydrogens is 382 g/mol. The fraction of sp³-hybridized carbons (Fsp3) is 0.0800. The summed E-state index contributed by atoms with van der Waals surface area (Å²) in [5.41, 5.74) is 5.03. The van der Waals surface area contributed by atoms with Gasteiger partial charge in [0, 0.05) is 33.7 Å². The van der Waals surface area contributed by atoms with Gasteiger partial charge in [0.1, 0.15) is 5.75 Å². The number of ether oxygens (including phenoxy) is 1. The molecule has 4 aromatic rings. The third-order valence-electron chi connectivity index (χ3n) is 5.02. The monoisotopic (exact) mass is 401 g/mol. The van der Waals surface area contributed by atoms with Gasteiger partial charge in [-0.1, -0.05) is 54.1 Å². The Morgan fingerprint density at radius 1 is 0.897 bits per heavy atom. The minimum absolute atomic E-state index is 0.000289. The van der Waals surface area contributed by atoms with E-state index >= 15 is 0 Å². The van der Waals surface area contributed by atoms with Gasteiger partial charge in [-0.25, -0.2) is 0 Å². The van der Waals surface area contributed by atoms with E-state index in [2.05, 4.69) is 0 Å². The molecule has 0 radical (unpaired) electrons. The zero-order valence-corrected chi connectivity index (χ0v) is 17.0. The van der Waals surface area contributed by atoms with Crippen molar-refractivity contribution < 1.29 is 9.53 Å². The third kappa shape index (κ3) is 3.69. The van der Waals surface area contributed by atoms with E-state index in [9.17, 15) is 4.79 Å². The van der Waals surface area contributed by atoms with Gasteiger partial charge in [0.25, 0.3) is 0 Å². The second kappa shape index (κ2) is 7.98. The molecule has 3 aromatic carbocycles. The summed E-state index contributed by atoms with van der Waals surface area (Å²) >= 11 is 6.07. The molecule has 0 fully saturated rings. The van der Waals surface area contributed by atoms with Crippen LogP contribution in [0.3, 0.4) is 0 Å². The van der Waals surface area contributed by atoms with Crippen molar-refractivity contribution in [2.75, 3.05) is 7.11 Å². The van der Waals surface area contributed by atoms with E-state index in [-0.39, 0.29) is 5.78 Å². The molecule has 0 saturated heterocycles. The molecule has 29 heavy (non-hydrogen) atoms. The van der Waals surface area contributed by atoms with Gasteiger partial charge in [0.2, 0.25) is 0 Å². The molecule has 0 saturated carbocycles. The average molecular weight is 402 g/mol. The van der Waals surface area contributed by atoms with E-state index in [1.807, 2.05) is 96.6 Å². The molecule has 1 aromatic heterocycles. The van der Waals surface area contributed by atoms with Crippen molar-refractivity contribution in [1.82, 2.24) is 4.57 Å². The number of carbonyl (C=O) groups excluding carboxylic acids is 1. The third-order valence-corrected chi connectivity index (χ3v) is 5.27. The lowest BCUT2D eigenvalue weighted by Crippen LogP contribution is -2.05. The fourth-order valence-electron chi connectivity index (χ4n) is 3.49. The van der Waals surface area contributed by atoms with Crippen LogP contribution in [0.4, 0.5) is 0 Å². The maximum Gasteiger partial charge on any atom is 0.195 e. The Hall–Kier alpha value is -3.30. The number of nitrogens with zero attached hydrogens (tertiary/aromatic N) is 1. The Morgan fingerprint density at radius 2 is 1.55 bits per heavy atom. The maximum atomic E-state index is 13.4. The van der Waals surface area contributed by atoms with Crippen LogP contribution in [-0.2, 0) is 0 Å². The van der Waals surface area contributed by atoms with Gasteiger partial charge in [-0.15, -0.1) is 0 Å². The molecule has 0 spiro atoms. The summed E-state index contributed by atoms with van der Waals surface area (Å²) in [6.07, 6.45) is 2.01. The Labute approximate surface area is 175 Å². The molecular formula is C25H20ClNO2. The molecule has 0 amide bonds. The van der Waals surface area contributed by atoms with Crippen LogP contribution in [0.15, 0.2) is 85.1 Å². The average Bonchev–Trinajstić information content (AvgIpc) is 3.11. The van der Waals surface area contributed by atoms with E-state index in [0.717, 1.165) is 28.3 Å². The highest BCUT2D eigenvalue weighted by atomic mass is 35.5. The Morgan fingerprint density at radius 3 is 2.17 bits per heavy atom. The van der Waals surface area contributed by atoms with E-state index in [0.29, 0.717) is 16.1 Å². The van der Waals surface area contributed by atoms with Crippen molar-refractivity contribution in [3.63, 3.8) is 0 Å². The number of carbonyl (C=O) groups is 1. The van der Waals surface area contributed by atoms with Crippen molar-refractivity contribution >= 4 is 17.4 Å². The lowest BCUT2D eigenvalue weighted by atomic mass is 9.96. The van der Waals surface area contributed by atoms with Gasteiger partial charge in [-0.2, -0.15) is 0 Å². The minimum atomic E-state index is 0.000289. The van der Waals surface area contributed by atoms with Crippen LogP contribution in [0, 0.1) is 6.92 Å². The maximum absolute atomic E-state index is 13.4. The normalized spacial score (nSPS) is 10.7. The summed E-state index contributed by atoms with van der Waals surface area (Å²) in [4.78, 5) is 13.4. The lowest BCUT2D eigenvalue weighted by Gasteiger charge is -2.08. The molecule has 4 heteroatoms. The summed E-state index contributed by atoms with van der Waals surface area (Å²) in [5.74, 6) is 0.789. The van der Waals surface area contributed by atoms with Crippen molar-refractivity contribution in [3.05, 3.63) is 107 Å². The second-order valence-corrected chi connectivity index (χ2v) is 7.21. The highest BCUT2D eigenvalue weighted by Crippen LogP contribution is 2.33. The summed E-state index contributed by atoms with van der Waals surface area (Å²) in [6, 6.07) is 24.7. The second-order valence-electron chi connectivity index (χ2n) is 6.77. The first-order valence-electron chi connectivity index (χ1n) is 9.30. The SMILES string of the molecule is COc1ccc(-n2cc(-c3ccc(Cl)cc3)c(C(=O)c3ccccc3)c2C)cc1. The molecule has 0 bridgehead atoms. The number of rotatable bonds is 5. The number of hydrogen-bond donors (Lipinski definition) is 0. The topological polar surface area (TPSA) is 31.2 Å². The first kappa shape index (κ1) is 19.0. The predicted octanol–water partition coefficient (Wildman–Crippen LogP) is 6.35. The van der Waals surface area contributed by atoms with E-state index < -0.39 is 0 Å². The zero-order valence-electron chi connectivity index (χ0n) is 16.2. The summed E-state index contributed by atoms with van der Waals surface area (Å²) in [6.45, 7) is 1.97. The lowest BCUT2D eigenvalue weighted by molar-refractivity contribution is 0.103. The van der Waals surface area contributed by atoms with Crippen molar-refractivity contribution in [1.29, 1.82) is 0 Å². The number of halogens is 1. The molecule has 0 aliphatic heterocycles. The predicted molar refractivity (Wildman–Crippen MR) is 117 cm³/mol. The minimum Gasteiger partial charge on any atom is -0.497 e. The van der Waals surface area contributed by atoms with Crippen molar-refractivity contribution in [2.24, 2.45) is 0 Å². The van der Waals surface area contributed by atoms with Gasteiger partial charge < -0.3 is 9.30 Å². The van der Waals surface area contributed by atoms with Gasteiger partial charge in [0.15, 0.2) is 5.78 Å². The molecule has 0 atom stereocenters. The van der Waals surface area contributed by atoms with E-state index in [1.165, 1.54) is 0 Å². The van der Waals surface area contributed by atoms with Crippen LogP contribution in [0.25, 0.3) is 16.8 Å². The largest absolute Gasteiger partial charge is 0.497 e. The number of aromatic nitrogens is 1. The first-order chi connectivity index (χ1) is 14.1. The van der Waals surface area contributed by atoms with Gasteiger partial charge in [0.05, 0.1) is 12.7 Å². The molecule has 144 valence electrons. The van der Waals surface area contributed by atoms with Gasteiger partial charge in [-0.05, 0) is 48.9 Å². The molecule has 3 nitrogen and oxygen atoms in total. The van der Waals surface area contributed by atoms with Crippen molar-refractivity contribution in [3.8, 4) is 22.6 Å². The van der Waals surface area contributed by atoms with E-state index in [1.54, 1.807) is 7.11 Å². The fourth-order valence-corrected chi connectivity index (χ4v) is 3.61. The highest BCUT2D eigenvalue weighted by molar-refractivity contribution is 6.30. The number of methoxy groups -OCH3 is 1. The Balaban J connectivity index is 1.90. The molecule has 1 heterocycles.